The highest BCUT2D eigenvalue weighted by Crippen LogP contribution is 2.11. The number of hydrogen-bond acceptors (Lipinski definition) is 14. The zero-order valence-electron chi connectivity index (χ0n) is 34.1. The molecule has 25 heteroatoms. The van der Waals surface area contributed by atoms with E-state index < -0.39 is 58.1 Å². The molecule has 23 nitrogen and oxygen atoms in total. The van der Waals surface area contributed by atoms with E-state index in [4.69, 9.17) is 25.5 Å². The molecule has 5 amide bonds. The molecule has 0 heterocycles. The van der Waals surface area contributed by atoms with Crippen molar-refractivity contribution in [1.82, 2.24) is 26.6 Å². The largest absolute Gasteiger partial charge is 0.481 e. The second-order valence-electron chi connectivity index (χ2n) is 10.8. The molecule has 1 aliphatic carbocycles. The first-order chi connectivity index (χ1) is 26.8. The lowest BCUT2D eigenvalue weighted by Crippen LogP contribution is -2.31. The molecule has 59 heavy (non-hydrogen) atoms. The van der Waals surface area contributed by atoms with E-state index in [9.17, 15) is 57.5 Å². The molecule has 0 aromatic heterocycles. The maximum atomic E-state index is 10.9. The van der Waals surface area contributed by atoms with E-state index in [2.05, 4.69) is 26.6 Å². The van der Waals surface area contributed by atoms with Crippen LogP contribution in [0.2, 0.25) is 0 Å². The Bertz CT molecular complexity index is 1440. The second kappa shape index (κ2) is 40.4. The molecule has 0 saturated heterocycles. The van der Waals surface area contributed by atoms with Gasteiger partial charge in [-0.1, -0.05) is 13.8 Å². The molecule has 0 aromatic rings. The van der Waals surface area contributed by atoms with Crippen molar-refractivity contribution in [3.8, 4) is 0 Å². The van der Waals surface area contributed by atoms with Gasteiger partial charge in [-0.25, -0.2) is 4.79 Å². The van der Waals surface area contributed by atoms with E-state index in [0.29, 0.717) is 0 Å². The van der Waals surface area contributed by atoms with E-state index in [1.807, 2.05) is 0 Å². The number of likely N-dealkylation sites (N-methyl/N-ethyl adjacent to an activating group) is 1. The Morgan fingerprint density at radius 2 is 1.00 bits per heavy atom. The summed E-state index contributed by atoms with van der Waals surface area (Å²) in [5, 5.41) is 52.1. The van der Waals surface area contributed by atoms with Gasteiger partial charge in [0.1, 0.15) is 5.25 Å². The minimum atomic E-state index is -1.13. The third kappa shape index (κ3) is 44.8. The smallest absolute Gasteiger partial charge is 0.328 e. The molecule has 0 spiro atoms. The Balaban J connectivity index is -0.000000143. The van der Waals surface area contributed by atoms with Crippen LogP contribution in [0.3, 0.4) is 0 Å². The van der Waals surface area contributed by atoms with Crippen molar-refractivity contribution in [3.63, 3.8) is 0 Å². The van der Waals surface area contributed by atoms with Gasteiger partial charge in [-0.15, -0.1) is 11.8 Å². The molecule has 0 radical (unpaired) electrons. The van der Waals surface area contributed by atoms with Crippen molar-refractivity contribution in [2.45, 2.75) is 56.5 Å². The maximum absolute atomic E-state index is 10.9. The van der Waals surface area contributed by atoms with Gasteiger partial charge < -0.3 is 57.6 Å². The van der Waals surface area contributed by atoms with Gasteiger partial charge in [0.05, 0.1) is 30.4 Å². The van der Waals surface area contributed by atoms with Crippen LogP contribution < -0.4 is 26.6 Å². The Kier molecular flexibility index (Phi) is 44.5. The quantitative estimate of drug-likeness (QED) is 0.0603. The van der Waals surface area contributed by atoms with Gasteiger partial charge in [0.15, 0.2) is 11.6 Å². The number of carboxylic acid groups (broad SMARTS) is 5. The lowest BCUT2D eigenvalue weighted by molar-refractivity contribution is -0.143. The first kappa shape index (κ1) is 65.0. The lowest BCUT2D eigenvalue weighted by Gasteiger charge is -2.08. The molecule has 338 valence electrons. The zero-order valence-corrected chi connectivity index (χ0v) is 35.7. The summed E-state index contributed by atoms with van der Waals surface area (Å²) in [4.78, 5) is 124. The van der Waals surface area contributed by atoms with Crippen LogP contribution in [0.25, 0.3) is 0 Å². The third-order valence-electron chi connectivity index (χ3n) is 6.19. The van der Waals surface area contributed by atoms with Crippen LogP contribution in [0.4, 0.5) is 0 Å². The summed E-state index contributed by atoms with van der Waals surface area (Å²) in [7, 11) is 7.38. The molecule has 0 fully saturated rings. The number of thioether (sulfide) groups is 2. The zero-order chi connectivity index (χ0) is 46.6. The van der Waals surface area contributed by atoms with Crippen LogP contribution in [0.1, 0.15) is 46.0 Å². The summed E-state index contributed by atoms with van der Waals surface area (Å²) < 4.78 is 0. The SMILES string of the molecule is CNC(=O)/C=C\C(=O)O.CNC(=O)C(C)CC(=O)O.CNC(=O)C(CC(=O)O)SC.CNC(=O)CC(C)C(=O)O.CNC(=O)CC(SC)C(=O)O.O.O=C1C=CC(=O)C1. The lowest BCUT2D eigenvalue weighted by atomic mass is 10.1. The first-order valence-electron chi connectivity index (χ1n) is 16.5. The predicted molar refractivity (Wildman–Crippen MR) is 216 cm³/mol. The number of allylic oxidation sites excluding steroid dienone is 2. The average molecular weight is 888 g/mol. The Hall–Kier alpha value is -5.82. The third-order valence-corrected chi connectivity index (χ3v) is 8.07. The van der Waals surface area contributed by atoms with E-state index in [1.54, 1.807) is 19.4 Å². The standard InChI is InChI=1S/2C6H11NO3S.2C6H11NO3.C5H7NO3.C5H4O2.H2O/c1-7-6(10)4(11-2)3-5(8)9;1-7-5(8)3-4(11-2)6(9)10;1-4(3-5(8)9)6(10)7-2;1-4(6(9)10)3-5(8)7-2;1-6-4(7)2-3-5(8)9;6-4-1-2-5(7)3-4;/h4H,3H2,1-2H3,(H,7,10)(H,8,9);4H,3H2,1-2H3,(H,7,8)(H,9,10);4H,3H2,1-2H3,(H,7,10)(H,8,9);4H,3H2,1-2H3,(H,7,8)(H,9,10);2-3H,1H3,(H,6,7)(H,8,9);1-2H,3H2;1H2/b;;;;3-2-;;. The number of carbonyl (C=O) groups excluding carboxylic acids is 7. The van der Waals surface area contributed by atoms with Gasteiger partial charge in [0, 0.05) is 66.1 Å². The van der Waals surface area contributed by atoms with Crippen LogP contribution in [0.15, 0.2) is 24.3 Å². The second-order valence-corrected chi connectivity index (χ2v) is 12.9. The molecule has 4 atom stereocenters. The van der Waals surface area contributed by atoms with Crippen molar-refractivity contribution in [3.05, 3.63) is 24.3 Å². The highest BCUT2D eigenvalue weighted by Gasteiger charge is 2.20. The Morgan fingerprint density at radius 1 is 0.576 bits per heavy atom. The summed E-state index contributed by atoms with van der Waals surface area (Å²) >= 11 is 2.40. The molecule has 4 unspecified atom stereocenters. The van der Waals surface area contributed by atoms with E-state index in [0.717, 1.165) is 23.9 Å². The number of aliphatic carboxylic acids is 5. The fourth-order valence-electron chi connectivity index (χ4n) is 2.92. The van der Waals surface area contributed by atoms with Crippen molar-refractivity contribution in [1.29, 1.82) is 0 Å². The van der Waals surface area contributed by atoms with Crippen molar-refractivity contribution in [2.75, 3.05) is 47.7 Å². The van der Waals surface area contributed by atoms with E-state index in [1.165, 1.54) is 66.1 Å². The minimum Gasteiger partial charge on any atom is -0.481 e. The fraction of sp³-hybridized carbons (Fsp3) is 0.529. The average Bonchev–Trinajstić information content (AvgIpc) is 3.56. The molecular weight excluding hydrogens is 831 g/mol. The van der Waals surface area contributed by atoms with E-state index >= 15 is 0 Å². The molecule has 0 aliphatic heterocycles. The molecule has 0 bridgehead atoms. The Morgan fingerprint density at radius 3 is 1.27 bits per heavy atom. The number of carboxylic acids is 5. The number of amides is 5. The van der Waals surface area contributed by atoms with Crippen LogP contribution in [-0.4, -0.2) is 160 Å². The summed E-state index contributed by atoms with van der Waals surface area (Å²) in [5.74, 6) is -7.48. The van der Waals surface area contributed by atoms with Crippen LogP contribution >= 0.6 is 23.5 Å². The van der Waals surface area contributed by atoms with Crippen LogP contribution in [0.5, 0.6) is 0 Å². The summed E-state index contributed by atoms with van der Waals surface area (Å²) in [6.45, 7) is 3.07. The number of rotatable bonds is 16. The van der Waals surface area contributed by atoms with Gasteiger partial charge in [-0.2, -0.15) is 11.8 Å². The number of hydrogen-bond donors (Lipinski definition) is 10. The molecule has 0 saturated carbocycles. The monoisotopic (exact) mass is 887 g/mol. The van der Waals surface area contributed by atoms with Crippen molar-refractivity contribution < 1.29 is 88.5 Å². The number of ketones is 2. The van der Waals surface area contributed by atoms with Crippen molar-refractivity contribution in [2.24, 2.45) is 11.8 Å². The molecule has 0 aromatic carbocycles. The normalized spacial score (nSPS) is 12.4. The minimum absolute atomic E-state index is 0. The fourth-order valence-corrected chi connectivity index (χ4v) is 4.08. The first-order valence-corrected chi connectivity index (χ1v) is 19.1. The van der Waals surface area contributed by atoms with Gasteiger partial charge in [0.25, 0.3) is 0 Å². The Labute approximate surface area is 349 Å². The summed E-state index contributed by atoms with van der Waals surface area (Å²) in [6.07, 6.45) is 7.65. The van der Waals surface area contributed by atoms with Crippen LogP contribution in [-0.2, 0) is 57.5 Å². The summed E-state index contributed by atoms with van der Waals surface area (Å²) in [5.41, 5.74) is 0. The number of nitrogens with one attached hydrogen (secondary N) is 5. The maximum Gasteiger partial charge on any atom is 0.328 e. The van der Waals surface area contributed by atoms with Gasteiger partial charge in [-0.3, -0.25) is 52.7 Å². The van der Waals surface area contributed by atoms with Gasteiger partial charge in [-0.05, 0) is 24.7 Å². The molecule has 12 N–H and O–H groups in total. The highest BCUT2D eigenvalue weighted by molar-refractivity contribution is 8.00. The molecule has 1 aliphatic rings. The predicted octanol–water partition coefficient (Wildman–Crippen LogP) is -1.80. The van der Waals surface area contributed by atoms with Gasteiger partial charge >= 0.3 is 29.8 Å². The molecular formula is C34H57N5O18S2. The topological polar surface area (TPSA) is 398 Å². The number of carbonyl (C=O) groups is 12. The highest BCUT2D eigenvalue weighted by atomic mass is 32.2. The van der Waals surface area contributed by atoms with E-state index in [-0.39, 0.29) is 72.8 Å². The molecule has 1 rings (SSSR count). The van der Waals surface area contributed by atoms with Gasteiger partial charge in [0.2, 0.25) is 29.5 Å². The van der Waals surface area contributed by atoms with Crippen LogP contribution in [0, 0.1) is 11.8 Å². The summed E-state index contributed by atoms with van der Waals surface area (Å²) in [6, 6.07) is 0. The van der Waals surface area contributed by atoms with Crippen molar-refractivity contribution >= 4 is 94.5 Å².